The minimum absolute atomic E-state index is 0.102. The summed E-state index contributed by atoms with van der Waals surface area (Å²) in [6, 6.07) is 7.90. The molecule has 3 rings (SSSR count). The normalized spacial score (nSPS) is 13.6. The summed E-state index contributed by atoms with van der Waals surface area (Å²) in [6.07, 6.45) is 6.12. The molecule has 0 bridgehead atoms. The van der Waals surface area contributed by atoms with Crippen LogP contribution in [0.3, 0.4) is 0 Å². The van der Waals surface area contributed by atoms with E-state index in [-0.39, 0.29) is 18.4 Å². The molecule has 1 heterocycles. The van der Waals surface area contributed by atoms with E-state index in [2.05, 4.69) is 36.7 Å². The number of rotatable bonds is 8. The van der Waals surface area contributed by atoms with Gasteiger partial charge in [0.2, 0.25) is 5.91 Å². The summed E-state index contributed by atoms with van der Waals surface area (Å²) in [6.45, 7) is 7.34. The van der Waals surface area contributed by atoms with Gasteiger partial charge < -0.3 is 16.0 Å². The fourth-order valence-electron chi connectivity index (χ4n) is 3.85. The first-order valence-electron chi connectivity index (χ1n) is 11.0. The van der Waals surface area contributed by atoms with Crippen LogP contribution in [0, 0.1) is 5.92 Å². The van der Waals surface area contributed by atoms with Crippen molar-refractivity contribution in [2.75, 3.05) is 23.7 Å². The Kier molecular flexibility index (Phi) is 8.05. The molecule has 2 amide bonds. The van der Waals surface area contributed by atoms with E-state index in [9.17, 15) is 9.59 Å². The van der Waals surface area contributed by atoms with Crippen LogP contribution in [0.4, 0.5) is 10.7 Å². The number of hydrogen-bond acceptors (Lipinski definition) is 4. The topological polar surface area (TPSA) is 70.2 Å². The summed E-state index contributed by atoms with van der Waals surface area (Å²) >= 11 is 1.57. The highest BCUT2D eigenvalue weighted by Gasteiger charge is 2.26. The van der Waals surface area contributed by atoms with E-state index in [4.69, 9.17) is 0 Å². The van der Waals surface area contributed by atoms with Gasteiger partial charge in [-0.15, -0.1) is 11.3 Å². The van der Waals surface area contributed by atoms with Crippen molar-refractivity contribution < 1.29 is 9.59 Å². The Hall–Kier alpha value is -2.18. The molecule has 5 nitrogen and oxygen atoms in total. The van der Waals surface area contributed by atoms with Crippen molar-refractivity contribution >= 4 is 33.8 Å². The van der Waals surface area contributed by atoms with Gasteiger partial charge in [-0.05, 0) is 61.8 Å². The molecule has 0 saturated heterocycles. The summed E-state index contributed by atoms with van der Waals surface area (Å²) in [5.41, 5.74) is 3.72. The Morgan fingerprint density at radius 1 is 1.07 bits per heavy atom. The third-order valence-corrected chi connectivity index (χ3v) is 6.59. The van der Waals surface area contributed by atoms with Crippen LogP contribution in [-0.2, 0) is 24.1 Å². The number of anilines is 2. The SMILES string of the molecule is CCc1ccccc1NC(=O)c1c(NC(=O)CNCC(C)C)sc2c1CCCCC2. The molecule has 0 fully saturated rings. The average Bonchev–Trinajstić information content (AvgIpc) is 2.88. The maximum absolute atomic E-state index is 13.4. The first kappa shape index (κ1) is 22.5. The lowest BCUT2D eigenvalue weighted by atomic mass is 10.0. The number of nitrogens with one attached hydrogen (secondary N) is 3. The monoisotopic (exact) mass is 427 g/mol. The van der Waals surface area contributed by atoms with Crippen molar-refractivity contribution in [1.29, 1.82) is 0 Å². The summed E-state index contributed by atoms with van der Waals surface area (Å²) in [5, 5.41) is 9.98. The Balaban J connectivity index is 1.84. The lowest BCUT2D eigenvalue weighted by molar-refractivity contribution is -0.115. The van der Waals surface area contributed by atoms with Gasteiger partial charge in [0.05, 0.1) is 12.1 Å². The smallest absolute Gasteiger partial charge is 0.258 e. The second-order valence-corrected chi connectivity index (χ2v) is 9.41. The van der Waals surface area contributed by atoms with E-state index in [0.29, 0.717) is 16.5 Å². The lowest BCUT2D eigenvalue weighted by Crippen LogP contribution is -2.31. The van der Waals surface area contributed by atoms with Crippen molar-refractivity contribution in [2.45, 2.75) is 59.3 Å². The van der Waals surface area contributed by atoms with Crippen molar-refractivity contribution in [1.82, 2.24) is 5.32 Å². The molecule has 0 aliphatic heterocycles. The lowest BCUT2D eigenvalue weighted by Gasteiger charge is -2.13. The van der Waals surface area contributed by atoms with Crippen molar-refractivity contribution in [2.24, 2.45) is 5.92 Å². The Morgan fingerprint density at radius 2 is 1.83 bits per heavy atom. The molecule has 3 N–H and O–H groups in total. The van der Waals surface area contributed by atoms with E-state index >= 15 is 0 Å². The quantitative estimate of drug-likeness (QED) is 0.518. The maximum atomic E-state index is 13.4. The van der Waals surface area contributed by atoms with Gasteiger partial charge in [-0.25, -0.2) is 0 Å². The molecule has 162 valence electrons. The number of benzene rings is 1. The first-order chi connectivity index (χ1) is 14.5. The molecule has 0 atom stereocenters. The number of thiophene rings is 1. The minimum atomic E-state index is -0.124. The van der Waals surface area contributed by atoms with Crippen LogP contribution in [0.2, 0.25) is 0 Å². The number of hydrogen-bond donors (Lipinski definition) is 3. The molecular weight excluding hydrogens is 394 g/mol. The molecule has 6 heteroatoms. The van der Waals surface area contributed by atoms with Crippen LogP contribution in [0.15, 0.2) is 24.3 Å². The molecule has 1 aromatic carbocycles. The van der Waals surface area contributed by atoms with Crippen LogP contribution in [0.1, 0.15) is 66.4 Å². The van der Waals surface area contributed by atoms with Crippen LogP contribution >= 0.6 is 11.3 Å². The first-order valence-corrected chi connectivity index (χ1v) is 11.9. The Labute approximate surface area is 183 Å². The van der Waals surface area contributed by atoms with Crippen LogP contribution in [0.25, 0.3) is 0 Å². The molecule has 1 aliphatic carbocycles. The van der Waals surface area contributed by atoms with Crippen molar-refractivity contribution in [3.8, 4) is 0 Å². The van der Waals surface area contributed by atoms with Gasteiger partial charge in [-0.2, -0.15) is 0 Å². The zero-order chi connectivity index (χ0) is 21.5. The zero-order valence-corrected chi connectivity index (χ0v) is 19.1. The van der Waals surface area contributed by atoms with Gasteiger partial charge in [0, 0.05) is 10.6 Å². The van der Waals surface area contributed by atoms with E-state index < -0.39 is 0 Å². The summed E-state index contributed by atoms with van der Waals surface area (Å²) < 4.78 is 0. The second kappa shape index (κ2) is 10.7. The van der Waals surface area contributed by atoms with Crippen LogP contribution in [0.5, 0.6) is 0 Å². The van der Waals surface area contributed by atoms with Gasteiger partial charge in [0.25, 0.3) is 5.91 Å². The standard InChI is InChI=1S/C24H33N3O2S/c1-4-17-10-8-9-12-19(17)26-23(29)22-18-11-6-5-7-13-20(18)30-24(22)27-21(28)15-25-14-16(2)3/h8-10,12,16,25H,4-7,11,13-15H2,1-3H3,(H,26,29)(H,27,28). The maximum Gasteiger partial charge on any atom is 0.258 e. The van der Waals surface area contributed by atoms with Crippen LogP contribution in [-0.4, -0.2) is 24.9 Å². The van der Waals surface area contributed by atoms with Crippen molar-refractivity contribution in [3.05, 3.63) is 45.8 Å². The largest absolute Gasteiger partial charge is 0.322 e. The number of carbonyl (C=O) groups excluding carboxylic acids is 2. The highest BCUT2D eigenvalue weighted by molar-refractivity contribution is 7.17. The zero-order valence-electron chi connectivity index (χ0n) is 18.3. The highest BCUT2D eigenvalue weighted by Crippen LogP contribution is 2.38. The van der Waals surface area contributed by atoms with E-state index in [1.54, 1.807) is 11.3 Å². The molecule has 2 aromatic rings. The fourth-order valence-corrected chi connectivity index (χ4v) is 5.15. The number of aryl methyl sites for hydroxylation is 2. The predicted molar refractivity (Wildman–Crippen MR) is 126 cm³/mol. The Morgan fingerprint density at radius 3 is 2.60 bits per heavy atom. The highest BCUT2D eigenvalue weighted by atomic mass is 32.1. The predicted octanol–water partition coefficient (Wildman–Crippen LogP) is 5.02. The molecule has 1 aliphatic rings. The summed E-state index contributed by atoms with van der Waals surface area (Å²) in [7, 11) is 0. The third kappa shape index (κ3) is 5.70. The minimum Gasteiger partial charge on any atom is -0.322 e. The molecule has 1 aromatic heterocycles. The molecule has 0 unspecified atom stereocenters. The van der Waals surface area contributed by atoms with Gasteiger partial charge >= 0.3 is 0 Å². The van der Waals surface area contributed by atoms with Gasteiger partial charge in [-0.1, -0.05) is 45.4 Å². The molecule has 30 heavy (non-hydrogen) atoms. The number of amides is 2. The van der Waals surface area contributed by atoms with Crippen LogP contribution < -0.4 is 16.0 Å². The number of fused-ring (bicyclic) bond motifs is 1. The van der Waals surface area contributed by atoms with Gasteiger partial charge in [0.15, 0.2) is 0 Å². The number of carbonyl (C=O) groups is 2. The second-order valence-electron chi connectivity index (χ2n) is 8.31. The molecular formula is C24H33N3O2S. The van der Waals surface area contributed by atoms with Gasteiger partial charge in [-0.3, -0.25) is 9.59 Å². The number of para-hydroxylation sites is 1. The van der Waals surface area contributed by atoms with E-state index in [0.717, 1.165) is 55.5 Å². The molecule has 0 saturated carbocycles. The molecule has 0 radical (unpaired) electrons. The average molecular weight is 428 g/mol. The van der Waals surface area contributed by atoms with E-state index in [1.165, 1.54) is 11.3 Å². The fraction of sp³-hybridized carbons (Fsp3) is 0.500. The van der Waals surface area contributed by atoms with E-state index in [1.807, 2.05) is 24.3 Å². The summed E-state index contributed by atoms with van der Waals surface area (Å²) in [4.78, 5) is 27.1. The third-order valence-electron chi connectivity index (χ3n) is 5.39. The Bertz CT molecular complexity index is 889. The van der Waals surface area contributed by atoms with Crippen molar-refractivity contribution in [3.63, 3.8) is 0 Å². The van der Waals surface area contributed by atoms with Gasteiger partial charge in [0.1, 0.15) is 5.00 Å². The molecule has 0 spiro atoms. The summed E-state index contributed by atoms with van der Waals surface area (Å²) in [5.74, 6) is 0.256.